The molecule has 2 nitrogen and oxygen atoms in total. The van der Waals surface area contributed by atoms with Gasteiger partial charge in [0, 0.05) is 6.54 Å². The van der Waals surface area contributed by atoms with Crippen LogP contribution >= 0.6 is 23.4 Å². The summed E-state index contributed by atoms with van der Waals surface area (Å²) >= 11 is 8.38. The van der Waals surface area contributed by atoms with Gasteiger partial charge in [0.2, 0.25) is 0 Å². The van der Waals surface area contributed by atoms with Crippen LogP contribution in [-0.2, 0) is 6.54 Å². The highest BCUT2D eigenvalue weighted by Crippen LogP contribution is 2.30. The second-order valence-electron chi connectivity index (χ2n) is 5.42. The highest BCUT2D eigenvalue weighted by Gasteiger charge is 2.21. The number of rotatable bonds is 3. The summed E-state index contributed by atoms with van der Waals surface area (Å²) in [5, 5.41) is -0.0400. The lowest BCUT2D eigenvalue weighted by Gasteiger charge is -2.14. The van der Waals surface area contributed by atoms with E-state index in [9.17, 15) is 0 Å². The molecule has 0 radical (unpaired) electrons. The Bertz CT molecular complexity index is 585. The van der Waals surface area contributed by atoms with Crippen molar-refractivity contribution in [1.82, 2.24) is 9.55 Å². The van der Waals surface area contributed by atoms with E-state index in [-0.39, 0.29) is 5.38 Å². The lowest BCUT2D eigenvalue weighted by atomic mass is 10.1. The third-order valence-corrected chi connectivity index (χ3v) is 5.18. The van der Waals surface area contributed by atoms with E-state index in [2.05, 4.69) is 41.5 Å². The van der Waals surface area contributed by atoms with E-state index in [0.29, 0.717) is 0 Å². The summed E-state index contributed by atoms with van der Waals surface area (Å²) in [7, 11) is 0. The van der Waals surface area contributed by atoms with Crippen molar-refractivity contribution < 1.29 is 0 Å². The predicted octanol–water partition coefficient (Wildman–Crippen LogP) is 4.40. The Balaban J connectivity index is 2.05. The molecule has 2 atom stereocenters. The van der Waals surface area contributed by atoms with Gasteiger partial charge in [0.15, 0.2) is 0 Å². The molecule has 1 aliphatic rings. The molecule has 4 heteroatoms. The van der Waals surface area contributed by atoms with Gasteiger partial charge in [-0.25, -0.2) is 4.98 Å². The lowest BCUT2D eigenvalue weighted by Crippen LogP contribution is -2.13. The van der Waals surface area contributed by atoms with E-state index in [0.717, 1.165) is 23.8 Å². The van der Waals surface area contributed by atoms with Crippen LogP contribution in [0.3, 0.4) is 0 Å². The Labute approximate surface area is 123 Å². The molecule has 0 bridgehead atoms. The normalized spacial score (nSPS) is 21.1. The van der Waals surface area contributed by atoms with E-state index in [1.165, 1.54) is 29.0 Å². The van der Waals surface area contributed by atoms with E-state index >= 15 is 0 Å². The predicted molar refractivity (Wildman–Crippen MR) is 84.2 cm³/mol. The maximum Gasteiger partial charge on any atom is 0.127 e. The first-order valence-electron chi connectivity index (χ1n) is 6.84. The van der Waals surface area contributed by atoms with Gasteiger partial charge in [-0.15, -0.1) is 11.6 Å². The van der Waals surface area contributed by atoms with Gasteiger partial charge < -0.3 is 4.57 Å². The minimum atomic E-state index is -0.0400. The van der Waals surface area contributed by atoms with Crippen LogP contribution in [0.1, 0.15) is 30.1 Å². The number of imidazole rings is 1. The van der Waals surface area contributed by atoms with Gasteiger partial charge in [-0.2, -0.15) is 11.8 Å². The number of alkyl halides is 1. The van der Waals surface area contributed by atoms with E-state index < -0.39 is 0 Å². The van der Waals surface area contributed by atoms with Gasteiger partial charge >= 0.3 is 0 Å². The van der Waals surface area contributed by atoms with Crippen LogP contribution in [0.2, 0.25) is 0 Å². The Morgan fingerprint density at radius 1 is 1.53 bits per heavy atom. The molecule has 1 aromatic carbocycles. The van der Waals surface area contributed by atoms with Crippen LogP contribution in [0.4, 0.5) is 0 Å². The Hall–Kier alpha value is -0.670. The maximum absolute atomic E-state index is 6.32. The zero-order valence-electron chi connectivity index (χ0n) is 11.4. The molecule has 2 heterocycles. The van der Waals surface area contributed by atoms with Crippen LogP contribution in [0.25, 0.3) is 11.0 Å². The largest absolute Gasteiger partial charge is 0.326 e. The van der Waals surface area contributed by atoms with Gasteiger partial charge in [0.25, 0.3) is 0 Å². The molecule has 2 unspecified atom stereocenters. The maximum atomic E-state index is 6.32. The molecule has 0 spiro atoms. The first-order valence-corrected chi connectivity index (χ1v) is 8.43. The number of nitrogens with zero attached hydrogens (tertiary/aromatic N) is 2. The van der Waals surface area contributed by atoms with Crippen LogP contribution < -0.4 is 0 Å². The molecule has 1 fully saturated rings. The van der Waals surface area contributed by atoms with Crippen molar-refractivity contribution >= 4 is 34.4 Å². The average Bonchev–Trinajstić information content (AvgIpc) is 2.97. The van der Waals surface area contributed by atoms with Crippen molar-refractivity contribution in [1.29, 1.82) is 0 Å². The first kappa shape index (κ1) is 13.3. The van der Waals surface area contributed by atoms with E-state index in [1.807, 2.05) is 6.92 Å². The third-order valence-electron chi connectivity index (χ3n) is 3.75. The van der Waals surface area contributed by atoms with Crippen LogP contribution in [-0.4, -0.2) is 21.1 Å². The van der Waals surface area contributed by atoms with Crippen molar-refractivity contribution in [2.75, 3.05) is 11.5 Å². The summed E-state index contributed by atoms with van der Waals surface area (Å²) in [4.78, 5) is 4.74. The monoisotopic (exact) mass is 294 g/mol. The highest BCUT2D eigenvalue weighted by molar-refractivity contribution is 7.99. The molecular formula is C15H19ClN2S. The fraction of sp³-hybridized carbons (Fsp3) is 0.533. The smallest absolute Gasteiger partial charge is 0.127 e. The first-order chi connectivity index (χ1) is 9.15. The van der Waals surface area contributed by atoms with E-state index in [1.54, 1.807) is 0 Å². The average molecular weight is 295 g/mol. The summed E-state index contributed by atoms with van der Waals surface area (Å²) in [6.45, 7) is 5.17. The standard InChI is InChI=1S/C15H19ClN2S/c1-10-3-4-14-13(7-10)17-15(11(2)16)18(14)8-12-5-6-19-9-12/h3-4,7,11-12H,5-6,8-9H2,1-2H3. The number of benzene rings is 1. The fourth-order valence-electron chi connectivity index (χ4n) is 2.74. The summed E-state index contributed by atoms with van der Waals surface area (Å²) in [6, 6.07) is 6.49. The van der Waals surface area contributed by atoms with Gasteiger partial charge in [-0.1, -0.05) is 6.07 Å². The molecule has 19 heavy (non-hydrogen) atoms. The third kappa shape index (κ3) is 2.63. The Morgan fingerprint density at radius 2 is 2.37 bits per heavy atom. The minimum Gasteiger partial charge on any atom is -0.326 e. The molecule has 3 rings (SSSR count). The van der Waals surface area contributed by atoms with Crippen molar-refractivity contribution in [2.45, 2.75) is 32.2 Å². The summed E-state index contributed by atoms with van der Waals surface area (Å²) in [6.07, 6.45) is 1.31. The molecular weight excluding hydrogens is 276 g/mol. The fourth-order valence-corrected chi connectivity index (χ4v) is 4.18. The molecule has 2 aromatic rings. The lowest BCUT2D eigenvalue weighted by molar-refractivity contribution is 0.488. The zero-order chi connectivity index (χ0) is 13.4. The quantitative estimate of drug-likeness (QED) is 0.781. The molecule has 0 aliphatic carbocycles. The van der Waals surface area contributed by atoms with Gasteiger partial charge in [-0.05, 0) is 55.4 Å². The summed E-state index contributed by atoms with van der Waals surface area (Å²) in [5.41, 5.74) is 3.56. The van der Waals surface area contributed by atoms with Crippen molar-refractivity contribution in [3.05, 3.63) is 29.6 Å². The molecule has 1 aliphatic heterocycles. The van der Waals surface area contributed by atoms with E-state index in [4.69, 9.17) is 16.6 Å². The Kier molecular flexibility index (Phi) is 3.77. The molecule has 0 saturated carbocycles. The van der Waals surface area contributed by atoms with Crippen LogP contribution in [0.15, 0.2) is 18.2 Å². The second kappa shape index (κ2) is 5.37. The SMILES string of the molecule is Cc1ccc2c(c1)nc(C(C)Cl)n2CC1CCSC1. The topological polar surface area (TPSA) is 17.8 Å². The summed E-state index contributed by atoms with van der Waals surface area (Å²) < 4.78 is 2.34. The van der Waals surface area contributed by atoms with Crippen LogP contribution in [0, 0.1) is 12.8 Å². The number of aryl methyl sites for hydroxylation is 1. The van der Waals surface area contributed by atoms with Crippen LogP contribution in [0.5, 0.6) is 0 Å². The zero-order valence-corrected chi connectivity index (χ0v) is 13.0. The highest BCUT2D eigenvalue weighted by atomic mass is 35.5. The van der Waals surface area contributed by atoms with Gasteiger partial charge in [0.05, 0.1) is 16.4 Å². The molecule has 102 valence electrons. The van der Waals surface area contributed by atoms with Crippen molar-refractivity contribution in [2.24, 2.45) is 5.92 Å². The molecule has 0 N–H and O–H groups in total. The number of aromatic nitrogens is 2. The number of halogens is 1. The number of hydrogen-bond donors (Lipinski definition) is 0. The second-order valence-corrected chi connectivity index (χ2v) is 7.22. The van der Waals surface area contributed by atoms with Crippen molar-refractivity contribution in [3.63, 3.8) is 0 Å². The minimum absolute atomic E-state index is 0.0400. The van der Waals surface area contributed by atoms with Gasteiger partial charge in [-0.3, -0.25) is 0 Å². The van der Waals surface area contributed by atoms with Gasteiger partial charge in [0.1, 0.15) is 5.82 Å². The summed E-state index contributed by atoms with van der Waals surface area (Å²) in [5.74, 6) is 4.33. The van der Waals surface area contributed by atoms with Crippen molar-refractivity contribution in [3.8, 4) is 0 Å². The molecule has 1 saturated heterocycles. The number of hydrogen-bond acceptors (Lipinski definition) is 2. The Morgan fingerprint density at radius 3 is 3.05 bits per heavy atom. The molecule has 0 amide bonds. The number of fused-ring (bicyclic) bond motifs is 1. The number of thioether (sulfide) groups is 1. The molecule has 1 aromatic heterocycles.